The highest BCUT2D eigenvalue weighted by atomic mass is 16.7. The minimum absolute atomic E-state index is 0.0516. The van der Waals surface area contributed by atoms with Crippen molar-refractivity contribution in [2.24, 2.45) is 0 Å². The average molecular weight is 360 g/mol. The van der Waals surface area contributed by atoms with Gasteiger partial charge in [0.1, 0.15) is 12.4 Å². The van der Waals surface area contributed by atoms with Gasteiger partial charge in [-0.3, -0.25) is 14.4 Å². The third-order valence-corrected chi connectivity index (χ3v) is 5.38. The largest absolute Gasteiger partial charge is 0.363 e. The van der Waals surface area contributed by atoms with Crippen LogP contribution in [0, 0.1) is 0 Å². The Morgan fingerprint density at radius 3 is 2.77 bits per heavy atom. The molecule has 0 saturated carbocycles. The molecule has 3 saturated heterocycles. The van der Waals surface area contributed by atoms with E-state index in [1.54, 1.807) is 12.4 Å². The molecular formula is C18H24N4O4. The van der Waals surface area contributed by atoms with Gasteiger partial charge in [-0.05, 0) is 37.7 Å². The van der Waals surface area contributed by atoms with Crippen LogP contribution in [0.25, 0.3) is 0 Å². The molecule has 0 N–H and O–H groups in total. The molecule has 0 aliphatic carbocycles. The van der Waals surface area contributed by atoms with Crippen LogP contribution in [0.3, 0.4) is 0 Å². The molecule has 0 spiro atoms. The second-order valence-corrected chi connectivity index (χ2v) is 7.06. The van der Waals surface area contributed by atoms with Crippen LogP contribution in [0.1, 0.15) is 37.7 Å². The molecule has 3 aliphatic heterocycles. The summed E-state index contributed by atoms with van der Waals surface area (Å²) in [6, 6.07) is 0.0815. The van der Waals surface area contributed by atoms with E-state index in [0.717, 1.165) is 24.8 Å². The fourth-order valence-electron chi connectivity index (χ4n) is 4.05. The zero-order valence-corrected chi connectivity index (χ0v) is 14.7. The van der Waals surface area contributed by atoms with Crippen LogP contribution in [0.4, 0.5) is 0 Å². The summed E-state index contributed by atoms with van der Waals surface area (Å²) in [5.41, 5.74) is 0.966. The number of aryl methyl sites for hydroxylation is 1. The van der Waals surface area contributed by atoms with Gasteiger partial charge >= 0.3 is 0 Å². The predicted molar refractivity (Wildman–Crippen MR) is 90.6 cm³/mol. The van der Waals surface area contributed by atoms with Crippen LogP contribution in [-0.2, 0) is 25.6 Å². The van der Waals surface area contributed by atoms with Crippen LogP contribution in [0.15, 0.2) is 18.7 Å². The summed E-state index contributed by atoms with van der Waals surface area (Å²) < 4.78 is 6.04. The highest BCUT2D eigenvalue weighted by Crippen LogP contribution is 2.33. The molecule has 140 valence electrons. The summed E-state index contributed by atoms with van der Waals surface area (Å²) in [6.07, 6.45) is 8.67. The van der Waals surface area contributed by atoms with Gasteiger partial charge in [0.15, 0.2) is 0 Å². The quantitative estimate of drug-likeness (QED) is 0.787. The smallest absolute Gasteiger partial charge is 0.275 e. The maximum Gasteiger partial charge on any atom is 0.275 e. The van der Waals surface area contributed by atoms with E-state index in [9.17, 15) is 9.59 Å². The van der Waals surface area contributed by atoms with E-state index in [-0.39, 0.29) is 24.0 Å². The first kappa shape index (κ1) is 17.4. The lowest BCUT2D eigenvalue weighted by Gasteiger charge is -2.36. The number of hydrogen-bond donors (Lipinski definition) is 0. The summed E-state index contributed by atoms with van der Waals surface area (Å²) in [5, 5.41) is 1.44. The van der Waals surface area contributed by atoms with Crippen molar-refractivity contribution in [1.29, 1.82) is 0 Å². The Bertz CT molecular complexity index is 650. The number of hydrogen-bond acceptors (Lipinski definition) is 6. The van der Waals surface area contributed by atoms with Gasteiger partial charge in [0.25, 0.3) is 5.91 Å². The topological polar surface area (TPSA) is 84.9 Å². The van der Waals surface area contributed by atoms with Gasteiger partial charge in [-0.25, -0.2) is 15.0 Å². The third-order valence-electron chi connectivity index (χ3n) is 5.38. The minimum atomic E-state index is -0.439. The second kappa shape index (κ2) is 7.67. The molecule has 8 nitrogen and oxygen atoms in total. The molecule has 3 aliphatic rings. The summed E-state index contributed by atoms with van der Waals surface area (Å²) >= 11 is 0. The van der Waals surface area contributed by atoms with E-state index in [1.807, 2.05) is 4.90 Å². The molecule has 26 heavy (non-hydrogen) atoms. The molecule has 1 aromatic heterocycles. The molecular weight excluding hydrogens is 336 g/mol. The molecule has 2 amide bonds. The summed E-state index contributed by atoms with van der Waals surface area (Å²) in [4.78, 5) is 40.3. The fraction of sp³-hybridized carbons (Fsp3) is 0.667. The number of carbonyl (C=O) groups excluding carboxylic acids is 2. The number of carbonyl (C=O) groups is 2. The molecule has 0 bridgehead atoms. The van der Waals surface area contributed by atoms with Crippen molar-refractivity contribution < 1.29 is 19.2 Å². The Morgan fingerprint density at radius 2 is 2.00 bits per heavy atom. The maximum atomic E-state index is 12.6. The number of aromatic nitrogens is 2. The monoisotopic (exact) mass is 360 g/mol. The Balaban J connectivity index is 1.30. The first-order valence-electron chi connectivity index (χ1n) is 9.35. The van der Waals surface area contributed by atoms with E-state index < -0.39 is 6.10 Å². The van der Waals surface area contributed by atoms with Crippen LogP contribution >= 0.6 is 0 Å². The van der Waals surface area contributed by atoms with Gasteiger partial charge in [-0.15, -0.1) is 0 Å². The summed E-state index contributed by atoms with van der Waals surface area (Å²) in [7, 11) is 0. The van der Waals surface area contributed by atoms with Gasteiger partial charge in [0.05, 0.1) is 25.3 Å². The molecule has 8 heteroatoms. The molecule has 0 unspecified atom stereocenters. The molecule has 4 rings (SSSR count). The van der Waals surface area contributed by atoms with Gasteiger partial charge in [-0.1, -0.05) is 0 Å². The SMILES string of the molecule is O=C([C@@H]1CC[C@@H]2[C@@H](CCN2C(=O)CCc2cncnc2)O1)N1CCCO1. The number of likely N-dealkylation sites (tertiary alicyclic amines) is 1. The van der Waals surface area contributed by atoms with Crippen LogP contribution < -0.4 is 0 Å². The molecule has 3 fully saturated rings. The average Bonchev–Trinajstić information content (AvgIpc) is 3.35. The lowest BCUT2D eigenvalue weighted by atomic mass is 9.98. The Hall–Kier alpha value is -2.06. The normalized spacial score (nSPS) is 28.2. The highest BCUT2D eigenvalue weighted by molar-refractivity contribution is 5.80. The van der Waals surface area contributed by atoms with E-state index in [4.69, 9.17) is 9.57 Å². The van der Waals surface area contributed by atoms with Crippen molar-refractivity contribution in [1.82, 2.24) is 19.9 Å². The third kappa shape index (κ3) is 3.57. The van der Waals surface area contributed by atoms with E-state index >= 15 is 0 Å². The standard InChI is InChI=1S/C18H24N4O4/c23-17(5-2-13-10-19-12-20-11-13)21-8-6-15-14(21)3-4-16(26-15)18(24)22-7-1-9-25-22/h10-12,14-16H,1-9H2/t14-,15-,16+/m1/s1. The fourth-order valence-corrected chi connectivity index (χ4v) is 4.05. The van der Waals surface area contributed by atoms with Crippen molar-refractivity contribution in [2.45, 2.75) is 56.8 Å². The number of ether oxygens (including phenoxy) is 1. The maximum absolute atomic E-state index is 12.6. The minimum Gasteiger partial charge on any atom is -0.363 e. The van der Waals surface area contributed by atoms with E-state index in [1.165, 1.54) is 11.4 Å². The van der Waals surface area contributed by atoms with Gasteiger partial charge in [0, 0.05) is 25.4 Å². The van der Waals surface area contributed by atoms with Crippen molar-refractivity contribution in [3.63, 3.8) is 0 Å². The lowest BCUT2D eigenvalue weighted by Crippen LogP contribution is -2.49. The Morgan fingerprint density at radius 1 is 1.15 bits per heavy atom. The Kier molecular flexibility index (Phi) is 5.12. The predicted octanol–water partition coefficient (Wildman–Crippen LogP) is 0.722. The molecule has 1 aromatic rings. The van der Waals surface area contributed by atoms with Gasteiger partial charge in [-0.2, -0.15) is 0 Å². The molecule has 0 aromatic carbocycles. The van der Waals surface area contributed by atoms with Crippen molar-refractivity contribution >= 4 is 11.8 Å². The zero-order valence-electron chi connectivity index (χ0n) is 14.7. The molecule has 3 atom stereocenters. The van der Waals surface area contributed by atoms with E-state index in [2.05, 4.69) is 9.97 Å². The van der Waals surface area contributed by atoms with E-state index in [0.29, 0.717) is 39.0 Å². The first-order valence-corrected chi connectivity index (χ1v) is 9.35. The van der Waals surface area contributed by atoms with Crippen molar-refractivity contribution in [2.75, 3.05) is 19.7 Å². The number of nitrogens with zero attached hydrogens (tertiary/aromatic N) is 4. The number of hydroxylamine groups is 2. The van der Waals surface area contributed by atoms with Gasteiger partial charge < -0.3 is 9.64 Å². The zero-order chi connectivity index (χ0) is 17.9. The summed E-state index contributed by atoms with van der Waals surface area (Å²) in [6.45, 7) is 1.93. The highest BCUT2D eigenvalue weighted by Gasteiger charge is 2.44. The number of fused-ring (bicyclic) bond motifs is 1. The second-order valence-electron chi connectivity index (χ2n) is 7.06. The Labute approximate surface area is 152 Å². The van der Waals surface area contributed by atoms with Crippen molar-refractivity contribution in [3.05, 3.63) is 24.3 Å². The summed E-state index contributed by atoms with van der Waals surface area (Å²) in [5.74, 6) is 0.0624. The van der Waals surface area contributed by atoms with Crippen LogP contribution in [0.2, 0.25) is 0 Å². The van der Waals surface area contributed by atoms with Crippen LogP contribution in [0.5, 0.6) is 0 Å². The molecule has 0 radical (unpaired) electrons. The number of amides is 2. The molecule has 4 heterocycles. The lowest BCUT2D eigenvalue weighted by molar-refractivity contribution is -0.189. The van der Waals surface area contributed by atoms with Gasteiger partial charge in [0.2, 0.25) is 5.91 Å². The number of rotatable bonds is 4. The van der Waals surface area contributed by atoms with Crippen molar-refractivity contribution in [3.8, 4) is 0 Å². The first-order chi connectivity index (χ1) is 12.7. The van der Waals surface area contributed by atoms with Crippen LogP contribution in [-0.4, -0.2) is 69.7 Å².